The molecule has 0 bridgehead atoms. The zero-order valence-corrected chi connectivity index (χ0v) is 7.86. The smallest absolute Gasteiger partial charge is 0.0444 e. The van der Waals surface area contributed by atoms with Crippen molar-refractivity contribution in [2.75, 3.05) is 13.1 Å². The van der Waals surface area contributed by atoms with Gasteiger partial charge in [-0.15, -0.1) is 0 Å². The highest BCUT2D eigenvalue weighted by Crippen LogP contribution is 2.27. The normalized spacial score (nSPS) is 17.5. The summed E-state index contributed by atoms with van der Waals surface area (Å²) in [4.78, 5) is 0. The van der Waals surface area contributed by atoms with Crippen LogP contribution in [0.5, 0.6) is 0 Å². The molecule has 1 N–H and O–H groups in total. The molecule has 2 rings (SSSR count). The molecule has 0 aliphatic carbocycles. The van der Waals surface area contributed by atoms with Crippen molar-refractivity contribution in [2.24, 2.45) is 0 Å². The fraction of sp³-hybridized carbons (Fsp3) is 0.400. The Morgan fingerprint density at radius 2 is 2.17 bits per heavy atom. The third kappa shape index (κ3) is 1.35. The van der Waals surface area contributed by atoms with Gasteiger partial charge in [-0.3, -0.25) is 0 Å². The molecule has 0 unspecified atom stereocenters. The van der Waals surface area contributed by atoms with Crippen molar-refractivity contribution in [3.05, 3.63) is 34.3 Å². The molecule has 1 aliphatic heterocycles. The van der Waals surface area contributed by atoms with E-state index in [4.69, 9.17) is 11.6 Å². The third-order valence-corrected chi connectivity index (χ3v) is 2.70. The lowest BCUT2D eigenvalue weighted by Gasteiger charge is -2.28. The summed E-state index contributed by atoms with van der Waals surface area (Å²) in [5.41, 5.74) is 2.53. The van der Waals surface area contributed by atoms with Crippen LogP contribution in [0, 0.1) is 6.92 Å². The first-order valence-electron chi connectivity index (χ1n) is 4.24. The molecule has 1 fully saturated rings. The van der Waals surface area contributed by atoms with Crippen LogP contribution in [-0.2, 0) is 0 Å². The van der Waals surface area contributed by atoms with Gasteiger partial charge in [-0.05, 0) is 24.1 Å². The monoisotopic (exact) mass is 181 g/mol. The van der Waals surface area contributed by atoms with Gasteiger partial charge in [0.1, 0.15) is 0 Å². The average molecular weight is 182 g/mol. The highest BCUT2D eigenvalue weighted by Gasteiger charge is 2.20. The van der Waals surface area contributed by atoms with E-state index in [1.807, 2.05) is 6.07 Å². The standard InChI is InChI=1S/C10H12ClN/c1-7-2-3-9(10(11)4-7)8-5-12-6-8/h2-4,8,12H,5-6H2,1H3. The fourth-order valence-corrected chi connectivity index (χ4v) is 1.86. The Balaban J connectivity index is 2.31. The van der Waals surface area contributed by atoms with Gasteiger partial charge in [0.05, 0.1) is 0 Å². The highest BCUT2D eigenvalue weighted by atomic mass is 35.5. The molecular weight excluding hydrogens is 170 g/mol. The second-order valence-corrected chi connectivity index (χ2v) is 3.79. The molecule has 1 aromatic rings. The Kier molecular flexibility index (Phi) is 2.07. The van der Waals surface area contributed by atoms with Crippen LogP contribution in [0.1, 0.15) is 17.0 Å². The maximum atomic E-state index is 6.11. The molecule has 2 heteroatoms. The summed E-state index contributed by atoms with van der Waals surface area (Å²) in [6, 6.07) is 6.30. The molecule has 1 aliphatic rings. The van der Waals surface area contributed by atoms with E-state index in [9.17, 15) is 0 Å². The molecule has 0 atom stereocenters. The van der Waals surface area contributed by atoms with E-state index in [1.54, 1.807) is 0 Å². The van der Waals surface area contributed by atoms with Crippen molar-refractivity contribution in [1.82, 2.24) is 5.32 Å². The topological polar surface area (TPSA) is 12.0 Å². The Morgan fingerprint density at radius 3 is 2.67 bits per heavy atom. The number of benzene rings is 1. The van der Waals surface area contributed by atoms with Crippen LogP contribution in [-0.4, -0.2) is 13.1 Å². The van der Waals surface area contributed by atoms with Gasteiger partial charge in [0.25, 0.3) is 0 Å². The Morgan fingerprint density at radius 1 is 1.42 bits per heavy atom. The van der Waals surface area contributed by atoms with Crippen molar-refractivity contribution in [2.45, 2.75) is 12.8 Å². The molecule has 1 aromatic carbocycles. The summed E-state index contributed by atoms with van der Waals surface area (Å²) >= 11 is 6.11. The summed E-state index contributed by atoms with van der Waals surface area (Å²) in [6.07, 6.45) is 0. The molecule has 0 spiro atoms. The molecule has 1 nitrogen and oxygen atoms in total. The Hall–Kier alpha value is -0.530. The lowest BCUT2D eigenvalue weighted by Crippen LogP contribution is -2.39. The molecule has 1 saturated heterocycles. The van der Waals surface area contributed by atoms with E-state index >= 15 is 0 Å². The van der Waals surface area contributed by atoms with Crippen LogP contribution >= 0.6 is 11.6 Å². The van der Waals surface area contributed by atoms with Gasteiger partial charge >= 0.3 is 0 Å². The first-order chi connectivity index (χ1) is 5.77. The molecule has 0 amide bonds. The number of aryl methyl sites for hydroxylation is 1. The predicted octanol–water partition coefficient (Wildman–Crippen LogP) is 2.34. The lowest BCUT2D eigenvalue weighted by molar-refractivity contribution is 0.448. The van der Waals surface area contributed by atoms with Crippen LogP contribution in [0.2, 0.25) is 5.02 Å². The largest absolute Gasteiger partial charge is 0.315 e. The lowest BCUT2D eigenvalue weighted by atomic mass is 9.93. The van der Waals surface area contributed by atoms with Crippen molar-refractivity contribution >= 4 is 11.6 Å². The van der Waals surface area contributed by atoms with Crippen LogP contribution in [0.15, 0.2) is 18.2 Å². The average Bonchev–Trinajstić information content (AvgIpc) is 1.91. The van der Waals surface area contributed by atoms with Gasteiger partial charge in [-0.2, -0.15) is 0 Å². The number of rotatable bonds is 1. The maximum Gasteiger partial charge on any atom is 0.0444 e. The first kappa shape index (κ1) is 8.09. The van der Waals surface area contributed by atoms with E-state index in [1.165, 1.54) is 11.1 Å². The summed E-state index contributed by atoms with van der Waals surface area (Å²) in [6.45, 7) is 4.21. The van der Waals surface area contributed by atoms with Gasteiger partial charge in [0.2, 0.25) is 0 Å². The van der Waals surface area contributed by atoms with E-state index in [-0.39, 0.29) is 0 Å². The van der Waals surface area contributed by atoms with Crippen molar-refractivity contribution < 1.29 is 0 Å². The summed E-state index contributed by atoms with van der Waals surface area (Å²) < 4.78 is 0. The number of hydrogen-bond donors (Lipinski definition) is 1. The first-order valence-corrected chi connectivity index (χ1v) is 4.62. The van der Waals surface area contributed by atoms with Gasteiger partial charge in [-0.1, -0.05) is 23.7 Å². The third-order valence-electron chi connectivity index (χ3n) is 2.38. The van der Waals surface area contributed by atoms with Crippen molar-refractivity contribution in [3.63, 3.8) is 0 Å². The quantitative estimate of drug-likeness (QED) is 0.702. The van der Waals surface area contributed by atoms with Crippen LogP contribution in [0.3, 0.4) is 0 Å². The second-order valence-electron chi connectivity index (χ2n) is 3.38. The molecule has 0 saturated carbocycles. The van der Waals surface area contributed by atoms with Crippen molar-refractivity contribution in [1.29, 1.82) is 0 Å². The molecular formula is C10H12ClN. The van der Waals surface area contributed by atoms with E-state index in [0.29, 0.717) is 5.92 Å². The number of hydrogen-bond acceptors (Lipinski definition) is 1. The van der Waals surface area contributed by atoms with Gasteiger partial charge < -0.3 is 5.32 Å². The SMILES string of the molecule is Cc1ccc(C2CNC2)c(Cl)c1. The van der Waals surface area contributed by atoms with Crippen LogP contribution in [0.4, 0.5) is 0 Å². The summed E-state index contributed by atoms with van der Waals surface area (Å²) in [5, 5.41) is 4.16. The van der Waals surface area contributed by atoms with E-state index < -0.39 is 0 Å². The maximum absolute atomic E-state index is 6.11. The van der Waals surface area contributed by atoms with E-state index in [2.05, 4.69) is 24.4 Å². The molecule has 0 aromatic heterocycles. The van der Waals surface area contributed by atoms with E-state index in [0.717, 1.165) is 18.1 Å². The molecule has 1 heterocycles. The zero-order chi connectivity index (χ0) is 8.55. The zero-order valence-electron chi connectivity index (χ0n) is 7.10. The minimum atomic E-state index is 0.637. The molecule has 12 heavy (non-hydrogen) atoms. The van der Waals surface area contributed by atoms with Crippen LogP contribution in [0.25, 0.3) is 0 Å². The van der Waals surface area contributed by atoms with Gasteiger partial charge in [0, 0.05) is 24.0 Å². The second kappa shape index (κ2) is 3.08. The van der Waals surface area contributed by atoms with Crippen molar-refractivity contribution in [3.8, 4) is 0 Å². The fourth-order valence-electron chi connectivity index (χ4n) is 1.47. The summed E-state index contributed by atoms with van der Waals surface area (Å²) in [7, 11) is 0. The summed E-state index contributed by atoms with van der Waals surface area (Å²) in [5.74, 6) is 0.637. The number of nitrogens with one attached hydrogen (secondary N) is 1. The Bertz CT molecular complexity index is 292. The van der Waals surface area contributed by atoms with Gasteiger partial charge in [0.15, 0.2) is 0 Å². The minimum absolute atomic E-state index is 0.637. The van der Waals surface area contributed by atoms with Crippen LogP contribution < -0.4 is 5.32 Å². The molecule has 0 radical (unpaired) electrons. The highest BCUT2D eigenvalue weighted by molar-refractivity contribution is 6.31. The Labute approximate surface area is 77.7 Å². The van der Waals surface area contributed by atoms with Gasteiger partial charge in [-0.25, -0.2) is 0 Å². The minimum Gasteiger partial charge on any atom is -0.315 e. The predicted molar refractivity (Wildman–Crippen MR) is 51.8 cm³/mol. The molecule has 64 valence electrons. The number of halogens is 1.